The first-order chi connectivity index (χ1) is 12.4. The van der Waals surface area contributed by atoms with Gasteiger partial charge >= 0.3 is 0 Å². The van der Waals surface area contributed by atoms with Crippen LogP contribution in [-0.4, -0.2) is 15.7 Å². The molecule has 0 saturated carbocycles. The molecule has 1 aromatic heterocycles. The van der Waals surface area contributed by atoms with Crippen LogP contribution in [0.5, 0.6) is 0 Å². The largest absolute Gasteiger partial charge is 0.321 e. The van der Waals surface area contributed by atoms with Gasteiger partial charge in [-0.15, -0.1) is 0 Å². The zero-order valence-electron chi connectivity index (χ0n) is 13.6. The Morgan fingerprint density at radius 2 is 1.77 bits per heavy atom. The maximum absolute atomic E-state index is 13.7. The molecule has 4 nitrogen and oxygen atoms in total. The number of alkyl halides is 1. The fraction of sp³-hybridized carbons (Fsp3) is 0.111. The highest BCUT2D eigenvalue weighted by atomic mass is 19.1. The Morgan fingerprint density at radius 3 is 2.42 bits per heavy atom. The van der Waals surface area contributed by atoms with Crippen molar-refractivity contribution in [2.75, 3.05) is 5.32 Å². The van der Waals surface area contributed by atoms with Gasteiger partial charge in [-0.25, -0.2) is 17.6 Å². The van der Waals surface area contributed by atoms with Gasteiger partial charge in [-0.1, -0.05) is 0 Å². The highest BCUT2D eigenvalue weighted by Gasteiger charge is 2.18. The van der Waals surface area contributed by atoms with Crippen LogP contribution in [0.1, 0.15) is 16.1 Å². The molecule has 0 aliphatic carbocycles. The molecule has 0 atom stereocenters. The van der Waals surface area contributed by atoms with Crippen LogP contribution in [0.15, 0.2) is 42.6 Å². The van der Waals surface area contributed by atoms with Gasteiger partial charge in [-0.05, 0) is 35.9 Å². The Balaban J connectivity index is 2.02. The number of nitrogens with one attached hydrogen (secondary N) is 1. The van der Waals surface area contributed by atoms with E-state index in [4.69, 9.17) is 0 Å². The van der Waals surface area contributed by atoms with Crippen molar-refractivity contribution in [3.05, 3.63) is 71.3 Å². The molecule has 0 radical (unpaired) electrons. The van der Waals surface area contributed by atoms with Gasteiger partial charge < -0.3 is 5.32 Å². The van der Waals surface area contributed by atoms with Crippen LogP contribution in [0.25, 0.3) is 11.1 Å². The fourth-order valence-corrected chi connectivity index (χ4v) is 2.59. The Hall–Kier alpha value is -3.16. The molecule has 0 saturated heterocycles. The second-order valence-electron chi connectivity index (χ2n) is 5.60. The predicted octanol–water partition coefficient (Wildman–Crippen LogP) is 4.23. The molecule has 2 aromatic carbocycles. The van der Waals surface area contributed by atoms with Crippen LogP contribution in [0.4, 0.5) is 23.2 Å². The summed E-state index contributed by atoms with van der Waals surface area (Å²) < 4.78 is 54.9. The molecule has 0 aliphatic heterocycles. The molecule has 26 heavy (non-hydrogen) atoms. The lowest BCUT2D eigenvalue weighted by molar-refractivity contribution is 0.102. The summed E-state index contributed by atoms with van der Waals surface area (Å²) in [6.45, 7) is -0.936. The van der Waals surface area contributed by atoms with Gasteiger partial charge in [0.1, 0.15) is 29.8 Å². The van der Waals surface area contributed by atoms with Crippen LogP contribution in [0.3, 0.4) is 0 Å². The number of aryl methyl sites for hydroxylation is 1. The number of hydrogen-bond acceptors (Lipinski definition) is 2. The third kappa shape index (κ3) is 3.58. The molecule has 1 heterocycles. The van der Waals surface area contributed by atoms with E-state index in [1.165, 1.54) is 24.0 Å². The normalized spacial score (nSPS) is 10.8. The molecule has 0 fully saturated rings. The van der Waals surface area contributed by atoms with E-state index in [1.807, 2.05) is 0 Å². The van der Waals surface area contributed by atoms with Gasteiger partial charge in [-0.2, -0.15) is 5.10 Å². The average Bonchev–Trinajstić information content (AvgIpc) is 2.96. The van der Waals surface area contributed by atoms with Crippen molar-refractivity contribution in [3.8, 4) is 11.1 Å². The summed E-state index contributed by atoms with van der Waals surface area (Å²) in [5.41, 5.74) is 0.216. The monoisotopic (exact) mass is 363 g/mol. The third-order valence-corrected chi connectivity index (χ3v) is 3.68. The molecule has 1 N–H and O–H groups in total. The summed E-state index contributed by atoms with van der Waals surface area (Å²) in [7, 11) is 1.54. The molecule has 134 valence electrons. The van der Waals surface area contributed by atoms with Gasteiger partial charge in [0.15, 0.2) is 0 Å². The Labute approximate surface area is 146 Å². The standard InChI is InChI=1S/C18H13F4N3O/c1-25-9-15(17(8-19)24-25)18(26)23-16-3-2-11(20)7-14(16)10-4-12(21)6-13(22)5-10/h2-7,9H,8H2,1H3,(H,23,26). The first kappa shape index (κ1) is 17.7. The van der Waals surface area contributed by atoms with E-state index < -0.39 is 30.0 Å². The number of nitrogens with zero attached hydrogens (tertiary/aromatic N) is 2. The first-order valence-corrected chi connectivity index (χ1v) is 7.53. The Bertz CT molecular complexity index is 964. The molecular weight excluding hydrogens is 350 g/mol. The number of halogens is 4. The van der Waals surface area contributed by atoms with E-state index in [0.29, 0.717) is 6.07 Å². The maximum atomic E-state index is 13.7. The van der Waals surface area contributed by atoms with E-state index in [9.17, 15) is 22.4 Å². The minimum Gasteiger partial charge on any atom is -0.321 e. The van der Waals surface area contributed by atoms with Crippen molar-refractivity contribution in [3.63, 3.8) is 0 Å². The number of aromatic nitrogens is 2. The van der Waals surface area contributed by atoms with E-state index in [1.54, 1.807) is 0 Å². The molecule has 3 rings (SSSR count). The molecule has 1 amide bonds. The van der Waals surface area contributed by atoms with Crippen molar-refractivity contribution in [2.24, 2.45) is 7.05 Å². The highest BCUT2D eigenvalue weighted by Crippen LogP contribution is 2.30. The summed E-state index contributed by atoms with van der Waals surface area (Å²) in [4.78, 5) is 12.4. The van der Waals surface area contributed by atoms with Gasteiger partial charge in [0.25, 0.3) is 5.91 Å². The van der Waals surface area contributed by atoms with Crippen LogP contribution in [-0.2, 0) is 13.7 Å². The predicted molar refractivity (Wildman–Crippen MR) is 87.7 cm³/mol. The van der Waals surface area contributed by atoms with Gasteiger partial charge in [0.2, 0.25) is 0 Å². The summed E-state index contributed by atoms with van der Waals surface area (Å²) in [6.07, 6.45) is 1.34. The summed E-state index contributed by atoms with van der Waals surface area (Å²) in [5, 5.41) is 6.34. The number of carbonyl (C=O) groups excluding carboxylic acids is 1. The van der Waals surface area contributed by atoms with Crippen LogP contribution >= 0.6 is 0 Å². The van der Waals surface area contributed by atoms with Gasteiger partial charge in [0, 0.05) is 30.6 Å². The second kappa shape index (κ2) is 6.99. The Morgan fingerprint density at radius 1 is 1.08 bits per heavy atom. The third-order valence-electron chi connectivity index (χ3n) is 3.68. The zero-order valence-corrected chi connectivity index (χ0v) is 13.6. The van der Waals surface area contributed by atoms with E-state index in [-0.39, 0.29) is 28.1 Å². The molecular formula is C18H13F4N3O. The number of hydrogen-bond donors (Lipinski definition) is 1. The zero-order chi connectivity index (χ0) is 18.8. The summed E-state index contributed by atoms with van der Waals surface area (Å²) in [6, 6.07) is 6.12. The lowest BCUT2D eigenvalue weighted by Crippen LogP contribution is -2.14. The van der Waals surface area contributed by atoms with E-state index in [2.05, 4.69) is 10.4 Å². The van der Waals surface area contributed by atoms with Crippen molar-refractivity contribution in [1.29, 1.82) is 0 Å². The van der Waals surface area contributed by atoms with Gasteiger partial charge in [0.05, 0.1) is 5.56 Å². The molecule has 8 heteroatoms. The van der Waals surface area contributed by atoms with Gasteiger partial charge in [-0.3, -0.25) is 9.48 Å². The average molecular weight is 363 g/mol. The first-order valence-electron chi connectivity index (χ1n) is 7.53. The summed E-state index contributed by atoms with van der Waals surface area (Å²) >= 11 is 0. The highest BCUT2D eigenvalue weighted by molar-refractivity contribution is 6.06. The Kier molecular flexibility index (Phi) is 4.75. The number of rotatable bonds is 4. The minimum absolute atomic E-state index is 0.00991. The van der Waals surface area contributed by atoms with Crippen LogP contribution in [0.2, 0.25) is 0 Å². The van der Waals surface area contributed by atoms with E-state index in [0.717, 1.165) is 24.3 Å². The quantitative estimate of drug-likeness (QED) is 0.706. The topological polar surface area (TPSA) is 46.9 Å². The lowest BCUT2D eigenvalue weighted by atomic mass is 10.0. The number of benzene rings is 2. The van der Waals surface area contributed by atoms with Crippen molar-refractivity contribution in [2.45, 2.75) is 6.67 Å². The molecule has 0 spiro atoms. The fourth-order valence-electron chi connectivity index (χ4n) is 2.59. The van der Waals surface area contributed by atoms with Crippen molar-refractivity contribution < 1.29 is 22.4 Å². The SMILES string of the molecule is Cn1cc(C(=O)Nc2ccc(F)cc2-c2cc(F)cc(F)c2)c(CF)n1. The van der Waals surface area contributed by atoms with Crippen LogP contribution < -0.4 is 5.32 Å². The minimum atomic E-state index is -0.936. The molecule has 3 aromatic rings. The lowest BCUT2D eigenvalue weighted by Gasteiger charge is -2.12. The second-order valence-corrected chi connectivity index (χ2v) is 5.60. The molecule has 0 bridgehead atoms. The number of amides is 1. The van der Waals surface area contributed by atoms with Crippen LogP contribution in [0, 0.1) is 17.5 Å². The summed E-state index contributed by atoms with van der Waals surface area (Å²) in [5.74, 6) is -2.99. The van der Waals surface area contributed by atoms with Crippen molar-refractivity contribution >= 4 is 11.6 Å². The molecule has 0 aliphatic rings. The maximum Gasteiger partial charge on any atom is 0.259 e. The number of anilines is 1. The van der Waals surface area contributed by atoms with E-state index >= 15 is 0 Å². The molecule has 0 unspecified atom stereocenters. The smallest absolute Gasteiger partial charge is 0.259 e. The number of carbonyl (C=O) groups is 1. The van der Waals surface area contributed by atoms with Crippen molar-refractivity contribution in [1.82, 2.24) is 9.78 Å².